The number of nitrogens with two attached hydrogens (primary N) is 1. The summed E-state index contributed by atoms with van der Waals surface area (Å²) in [7, 11) is 0. The molecule has 1 saturated heterocycles. The molecule has 2 heterocycles. The zero-order valence-corrected chi connectivity index (χ0v) is 15.8. The molecule has 1 aliphatic rings. The van der Waals surface area contributed by atoms with Gasteiger partial charge in [-0.05, 0) is 30.7 Å². The number of nitriles is 1. The van der Waals surface area contributed by atoms with E-state index in [1.807, 2.05) is 30.3 Å². The highest BCUT2D eigenvalue weighted by Crippen LogP contribution is 2.23. The van der Waals surface area contributed by atoms with Crippen molar-refractivity contribution in [3.05, 3.63) is 47.2 Å². The molecule has 28 heavy (non-hydrogen) atoms. The molecule has 146 valence electrons. The van der Waals surface area contributed by atoms with Crippen LogP contribution >= 0.6 is 0 Å². The molecule has 2 aromatic rings. The van der Waals surface area contributed by atoms with Crippen LogP contribution in [0.2, 0.25) is 0 Å². The van der Waals surface area contributed by atoms with Gasteiger partial charge in [-0.15, -0.1) is 0 Å². The number of amides is 1. The summed E-state index contributed by atoms with van der Waals surface area (Å²) in [6.45, 7) is 5.68. The van der Waals surface area contributed by atoms with Crippen LogP contribution in [0.3, 0.4) is 0 Å². The molecule has 8 heteroatoms. The van der Waals surface area contributed by atoms with Crippen molar-refractivity contribution in [2.45, 2.75) is 13.5 Å². The molecule has 3 N–H and O–H groups in total. The van der Waals surface area contributed by atoms with E-state index in [0.29, 0.717) is 13.2 Å². The Kier molecular flexibility index (Phi) is 6.29. The maximum absolute atomic E-state index is 12.5. The Morgan fingerprint density at radius 1 is 1.36 bits per heavy atom. The van der Waals surface area contributed by atoms with Gasteiger partial charge in [0.05, 0.1) is 25.5 Å². The van der Waals surface area contributed by atoms with Gasteiger partial charge in [0, 0.05) is 25.3 Å². The van der Waals surface area contributed by atoms with Gasteiger partial charge in [0.25, 0.3) is 5.91 Å². The van der Waals surface area contributed by atoms with Crippen LogP contribution in [0.15, 0.2) is 30.3 Å². The standard InChI is InChI=1S/C20H23N5O3/c1-2-28-20-16(12-21)17(22)11-18(24-20)19(26)23-13-14-3-5-15(6-4-14)25-7-9-27-10-8-25/h3-6,11H,2,7-10,13H2,1H3,(H2,22,24)(H,23,26). The Hall–Kier alpha value is -3.31. The number of hydrogen-bond acceptors (Lipinski definition) is 7. The molecule has 1 aliphatic heterocycles. The molecule has 3 rings (SSSR count). The van der Waals surface area contributed by atoms with Gasteiger partial charge in [-0.25, -0.2) is 4.98 Å². The van der Waals surface area contributed by atoms with E-state index < -0.39 is 0 Å². The molecule has 1 amide bonds. The molecule has 1 fully saturated rings. The number of carbonyl (C=O) groups excluding carboxylic acids is 1. The van der Waals surface area contributed by atoms with Crippen LogP contribution in [0.25, 0.3) is 0 Å². The molecule has 0 unspecified atom stereocenters. The predicted octanol–water partition coefficient (Wildman–Crippen LogP) is 1.70. The monoisotopic (exact) mass is 381 g/mol. The van der Waals surface area contributed by atoms with E-state index in [4.69, 9.17) is 20.5 Å². The second-order valence-corrected chi connectivity index (χ2v) is 6.27. The number of nitrogens with one attached hydrogen (secondary N) is 1. The lowest BCUT2D eigenvalue weighted by Gasteiger charge is -2.28. The number of rotatable bonds is 6. The third-order valence-corrected chi connectivity index (χ3v) is 4.41. The molecular formula is C20H23N5O3. The van der Waals surface area contributed by atoms with Crippen LogP contribution < -0.4 is 20.7 Å². The Morgan fingerprint density at radius 3 is 2.71 bits per heavy atom. The number of carbonyl (C=O) groups is 1. The second-order valence-electron chi connectivity index (χ2n) is 6.27. The molecule has 8 nitrogen and oxygen atoms in total. The van der Waals surface area contributed by atoms with Gasteiger partial charge >= 0.3 is 0 Å². The van der Waals surface area contributed by atoms with Crippen molar-refractivity contribution >= 4 is 17.3 Å². The van der Waals surface area contributed by atoms with E-state index in [1.165, 1.54) is 6.07 Å². The number of morpholine rings is 1. The maximum atomic E-state index is 12.5. The lowest BCUT2D eigenvalue weighted by Crippen LogP contribution is -2.36. The minimum absolute atomic E-state index is 0.0741. The number of aromatic nitrogens is 1. The van der Waals surface area contributed by atoms with E-state index in [0.717, 1.165) is 37.6 Å². The van der Waals surface area contributed by atoms with Crippen molar-refractivity contribution in [1.82, 2.24) is 10.3 Å². The number of benzene rings is 1. The van der Waals surface area contributed by atoms with Crippen molar-refractivity contribution in [3.63, 3.8) is 0 Å². The molecule has 0 aliphatic carbocycles. The van der Waals surface area contributed by atoms with Gasteiger partial charge in [-0.3, -0.25) is 4.79 Å². The minimum atomic E-state index is -0.380. The van der Waals surface area contributed by atoms with Crippen LogP contribution in [-0.2, 0) is 11.3 Å². The summed E-state index contributed by atoms with van der Waals surface area (Å²) in [5.41, 5.74) is 8.39. The second kappa shape index (κ2) is 9.06. The van der Waals surface area contributed by atoms with Crippen LogP contribution in [0.5, 0.6) is 5.88 Å². The molecule has 1 aromatic carbocycles. The highest BCUT2D eigenvalue weighted by molar-refractivity contribution is 5.93. The number of hydrogen-bond donors (Lipinski definition) is 2. The molecule has 0 saturated carbocycles. The Labute approximate surface area is 163 Å². The summed E-state index contributed by atoms with van der Waals surface area (Å²) in [5, 5.41) is 12.0. The van der Waals surface area contributed by atoms with Crippen LogP contribution in [0.1, 0.15) is 28.5 Å². The molecular weight excluding hydrogens is 358 g/mol. The molecule has 0 bridgehead atoms. The van der Waals surface area contributed by atoms with E-state index in [-0.39, 0.29) is 28.7 Å². The SMILES string of the molecule is CCOc1nc(C(=O)NCc2ccc(N3CCOCC3)cc2)cc(N)c1C#N. The quantitative estimate of drug-likeness (QED) is 0.783. The molecule has 0 radical (unpaired) electrons. The first-order valence-electron chi connectivity index (χ1n) is 9.15. The first-order valence-corrected chi connectivity index (χ1v) is 9.15. The fraction of sp³-hybridized carbons (Fsp3) is 0.350. The van der Waals surface area contributed by atoms with Crippen molar-refractivity contribution in [3.8, 4) is 11.9 Å². The van der Waals surface area contributed by atoms with Crippen molar-refractivity contribution < 1.29 is 14.3 Å². The third-order valence-electron chi connectivity index (χ3n) is 4.41. The average Bonchev–Trinajstić information content (AvgIpc) is 2.73. The van der Waals surface area contributed by atoms with Gasteiger partial charge < -0.3 is 25.4 Å². The smallest absolute Gasteiger partial charge is 0.270 e. The highest BCUT2D eigenvalue weighted by atomic mass is 16.5. The first kappa shape index (κ1) is 19.5. The number of nitrogens with zero attached hydrogens (tertiary/aromatic N) is 3. The first-order chi connectivity index (χ1) is 13.6. The van der Waals surface area contributed by atoms with Gasteiger partial charge in [-0.2, -0.15) is 5.26 Å². The van der Waals surface area contributed by atoms with E-state index in [9.17, 15) is 4.79 Å². The molecule has 0 atom stereocenters. The van der Waals surface area contributed by atoms with Crippen LogP contribution in [0, 0.1) is 11.3 Å². The lowest BCUT2D eigenvalue weighted by atomic mass is 10.1. The fourth-order valence-electron chi connectivity index (χ4n) is 2.93. The largest absolute Gasteiger partial charge is 0.477 e. The van der Waals surface area contributed by atoms with Gasteiger partial charge in [-0.1, -0.05) is 12.1 Å². The summed E-state index contributed by atoms with van der Waals surface area (Å²) >= 11 is 0. The van der Waals surface area contributed by atoms with Crippen LogP contribution in [0.4, 0.5) is 11.4 Å². The van der Waals surface area contributed by atoms with E-state index in [1.54, 1.807) is 6.92 Å². The van der Waals surface area contributed by atoms with E-state index >= 15 is 0 Å². The van der Waals surface area contributed by atoms with Gasteiger partial charge in [0.2, 0.25) is 5.88 Å². The zero-order valence-electron chi connectivity index (χ0n) is 15.8. The number of anilines is 2. The fourth-order valence-corrected chi connectivity index (χ4v) is 2.93. The zero-order chi connectivity index (χ0) is 19.9. The van der Waals surface area contributed by atoms with Crippen molar-refractivity contribution in [2.75, 3.05) is 43.5 Å². The Balaban J connectivity index is 1.64. The summed E-state index contributed by atoms with van der Waals surface area (Å²) in [5.74, 6) is -0.306. The Bertz CT molecular complexity index is 871. The molecule has 1 aromatic heterocycles. The van der Waals surface area contributed by atoms with Crippen molar-refractivity contribution in [1.29, 1.82) is 5.26 Å². The number of ether oxygens (including phenoxy) is 2. The predicted molar refractivity (Wildman–Crippen MR) is 105 cm³/mol. The topological polar surface area (TPSA) is 114 Å². The maximum Gasteiger partial charge on any atom is 0.270 e. The Morgan fingerprint density at radius 2 is 2.07 bits per heavy atom. The van der Waals surface area contributed by atoms with Crippen LogP contribution in [-0.4, -0.2) is 43.8 Å². The summed E-state index contributed by atoms with van der Waals surface area (Å²) in [4.78, 5) is 18.8. The lowest BCUT2D eigenvalue weighted by molar-refractivity contribution is 0.0944. The third kappa shape index (κ3) is 4.50. The van der Waals surface area contributed by atoms with Gasteiger partial charge in [0.15, 0.2) is 0 Å². The van der Waals surface area contributed by atoms with Crippen molar-refractivity contribution in [2.24, 2.45) is 0 Å². The average molecular weight is 381 g/mol. The number of nitrogen functional groups attached to an aromatic ring is 1. The van der Waals surface area contributed by atoms with E-state index in [2.05, 4.69) is 15.2 Å². The minimum Gasteiger partial charge on any atom is -0.477 e. The summed E-state index contributed by atoms with van der Waals surface area (Å²) < 4.78 is 10.7. The summed E-state index contributed by atoms with van der Waals surface area (Å²) in [6.07, 6.45) is 0. The highest BCUT2D eigenvalue weighted by Gasteiger charge is 2.16. The normalized spacial score (nSPS) is 13.6. The number of pyridine rings is 1. The van der Waals surface area contributed by atoms with Gasteiger partial charge in [0.1, 0.15) is 17.3 Å². The molecule has 0 spiro atoms. The summed E-state index contributed by atoms with van der Waals surface area (Å²) in [6, 6.07) is 11.4.